The molecule has 0 aromatic carbocycles. The lowest BCUT2D eigenvalue weighted by Crippen LogP contribution is -2.62. The topological polar surface area (TPSA) is 91.5 Å². The number of Topliss-reactive ketones (excluding diaryl/α,β-unsaturated/α-hetero) is 1. The van der Waals surface area contributed by atoms with E-state index < -0.39 is 10.8 Å². The van der Waals surface area contributed by atoms with Gasteiger partial charge in [0.15, 0.2) is 17.8 Å². The molecule has 3 saturated carbocycles. The number of carbonyl (C=O) groups is 2. The van der Waals surface area contributed by atoms with Gasteiger partial charge in [0.1, 0.15) is 6.07 Å². The average Bonchev–Trinajstić information content (AvgIpc) is 3.38. The maximum absolute atomic E-state index is 14.5. The molecule has 0 saturated heterocycles. The number of nitriles is 1. The van der Waals surface area contributed by atoms with E-state index in [9.17, 15) is 14.9 Å². The second-order valence-corrected chi connectivity index (χ2v) is 16.1. The number of ketones is 2. The fraction of sp³-hybridized carbons (Fsp3) is 0.765. The lowest BCUT2D eigenvalue weighted by Gasteiger charge is -2.64. The summed E-state index contributed by atoms with van der Waals surface area (Å²) in [6, 6.07) is 2.20. The number of hydrogen-bond acceptors (Lipinski definition) is 6. The third-order valence-corrected chi connectivity index (χ3v) is 12.6. The predicted molar refractivity (Wildman–Crippen MR) is 155 cm³/mol. The minimum Gasteiger partial charge on any atom is -0.454 e. The van der Waals surface area contributed by atoms with Crippen LogP contribution >= 0.6 is 0 Å². The number of nitrogens with one attached hydrogen (secondary N) is 1. The molecule has 1 heterocycles. The van der Waals surface area contributed by atoms with E-state index in [1.54, 1.807) is 0 Å². The summed E-state index contributed by atoms with van der Waals surface area (Å²) in [6.45, 7) is 17.6. The molecule has 3 fully saturated rings. The Morgan fingerprint density at radius 3 is 2.40 bits per heavy atom. The molecule has 40 heavy (non-hydrogen) atoms. The van der Waals surface area contributed by atoms with E-state index in [-0.39, 0.29) is 63.3 Å². The molecular weight excluding hydrogens is 498 g/mol. The Balaban J connectivity index is 1.45. The van der Waals surface area contributed by atoms with Gasteiger partial charge < -0.3 is 4.74 Å². The molecule has 1 N–H and O–H groups in total. The van der Waals surface area contributed by atoms with Gasteiger partial charge in [-0.2, -0.15) is 5.26 Å². The van der Waals surface area contributed by atoms with Gasteiger partial charge in [-0.15, -0.1) is 5.10 Å². The lowest BCUT2D eigenvalue weighted by atomic mass is 9.38. The highest BCUT2D eigenvalue weighted by molar-refractivity contribution is 6.04. The zero-order valence-corrected chi connectivity index (χ0v) is 25.7. The van der Waals surface area contributed by atoms with Crippen LogP contribution in [-0.4, -0.2) is 23.7 Å². The monoisotopic (exact) mass is 545 g/mol. The van der Waals surface area contributed by atoms with Crippen LogP contribution in [0.2, 0.25) is 0 Å². The smallest absolute Gasteiger partial charge is 0.214 e. The van der Waals surface area contributed by atoms with E-state index in [1.807, 2.05) is 26.0 Å². The van der Waals surface area contributed by atoms with Crippen molar-refractivity contribution in [3.8, 4) is 6.07 Å². The van der Waals surface area contributed by atoms with Crippen molar-refractivity contribution in [3.05, 3.63) is 23.3 Å². The van der Waals surface area contributed by atoms with Crippen molar-refractivity contribution in [2.45, 2.75) is 107 Å². The molecule has 0 amide bonds. The zero-order chi connectivity index (χ0) is 29.0. The molecule has 6 heteroatoms. The van der Waals surface area contributed by atoms with Gasteiger partial charge in [-0.3, -0.25) is 15.0 Å². The largest absolute Gasteiger partial charge is 0.454 e. The molecule has 6 nitrogen and oxygen atoms in total. The Morgan fingerprint density at radius 2 is 1.75 bits per heavy atom. The van der Waals surface area contributed by atoms with Crippen molar-refractivity contribution in [1.82, 2.24) is 5.43 Å². The van der Waals surface area contributed by atoms with Crippen LogP contribution in [0.15, 0.2) is 28.4 Å². The van der Waals surface area contributed by atoms with Gasteiger partial charge in [-0.1, -0.05) is 67.0 Å². The van der Waals surface area contributed by atoms with Crippen molar-refractivity contribution in [1.29, 1.82) is 5.26 Å². The molecule has 0 spiro atoms. The molecular formula is C34H47N3O3. The number of ether oxygens (including phenoxy) is 1. The van der Waals surface area contributed by atoms with Crippen LogP contribution in [0.4, 0.5) is 0 Å². The highest BCUT2D eigenvalue weighted by Crippen LogP contribution is 2.70. The molecule has 6 aliphatic rings. The standard InChI is InChI=1S/C34H47N3O3/c1-19(2)28-36-37-29(40-28)34-12-9-21-26(22(34)17-30(3,4)13-14-34)23(38)15-25-32(21,7)11-10-24-31(5,6)27(39)20(18-35)16-33(24,25)8/h15-16,19,21-22,24,26,28,36H,9-14,17H2,1-8H3. The molecule has 5 aliphatic carbocycles. The second-order valence-electron chi connectivity index (χ2n) is 16.1. The summed E-state index contributed by atoms with van der Waals surface area (Å²) in [7, 11) is 0. The Kier molecular flexibility index (Phi) is 5.93. The minimum atomic E-state index is -0.635. The van der Waals surface area contributed by atoms with E-state index in [4.69, 9.17) is 9.84 Å². The van der Waals surface area contributed by atoms with Gasteiger partial charge in [0.2, 0.25) is 5.90 Å². The molecule has 6 rings (SSSR count). The van der Waals surface area contributed by atoms with E-state index >= 15 is 0 Å². The molecule has 0 aromatic rings. The maximum atomic E-state index is 14.5. The van der Waals surface area contributed by atoms with Gasteiger partial charge in [0, 0.05) is 22.7 Å². The number of allylic oxidation sites excluding steroid dienone is 4. The van der Waals surface area contributed by atoms with Crippen LogP contribution in [0.1, 0.15) is 100 Å². The number of rotatable bonds is 2. The Bertz CT molecular complexity index is 1300. The van der Waals surface area contributed by atoms with Gasteiger partial charge in [0.25, 0.3) is 0 Å². The normalized spacial score (nSPS) is 44.9. The van der Waals surface area contributed by atoms with Crippen molar-refractivity contribution >= 4 is 17.5 Å². The van der Waals surface area contributed by atoms with Crippen LogP contribution in [0.5, 0.6) is 0 Å². The lowest BCUT2D eigenvalue weighted by molar-refractivity contribution is -0.143. The summed E-state index contributed by atoms with van der Waals surface area (Å²) in [5.74, 6) is 1.75. The SMILES string of the molecule is CC(C)C1NN=C(C23CCC4C(C(=O)C=C5C6(C)C=C(C#N)C(=O)C(C)(C)C6CCC54C)C2CC(C)(C)CC3)O1. The van der Waals surface area contributed by atoms with Crippen molar-refractivity contribution in [2.24, 2.45) is 61.8 Å². The quantitative estimate of drug-likeness (QED) is 0.415. The fourth-order valence-corrected chi connectivity index (χ4v) is 10.5. The van der Waals surface area contributed by atoms with Crippen molar-refractivity contribution < 1.29 is 14.3 Å². The van der Waals surface area contributed by atoms with Gasteiger partial charge in [0.05, 0.1) is 11.0 Å². The number of nitrogens with zero attached hydrogens (tertiary/aromatic N) is 2. The minimum absolute atomic E-state index is 0.0563. The summed E-state index contributed by atoms with van der Waals surface area (Å²) in [4.78, 5) is 27.7. The summed E-state index contributed by atoms with van der Waals surface area (Å²) in [6.07, 6.45) is 10.7. The molecule has 0 radical (unpaired) electrons. The van der Waals surface area contributed by atoms with Crippen LogP contribution in [0.3, 0.4) is 0 Å². The molecule has 0 aromatic heterocycles. The summed E-state index contributed by atoms with van der Waals surface area (Å²) < 4.78 is 6.52. The Hall–Kier alpha value is -2.42. The second kappa shape index (κ2) is 8.55. The van der Waals surface area contributed by atoms with Crippen LogP contribution in [0, 0.1) is 68.0 Å². The van der Waals surface area contributed by atoms with Crippen molar-refractivity contribution in [2.75, 3.05) is 0 Å². The van der Waals surface area contributed by atoms with Gasteiger partial charge in [-0.05, 0) is 79.6 Å². The summed E-state index contributed by atoms with van der Waals surface area (Å²) >= 11 is 0. The fourth-order valence-electron chi connectivity index (χ4n) is 10.5. The first-order valence-corrected chi connectivity index (χ1v) is 15.6. The maximum Gasteiger partial charge on any atom is 0.214 e. The third kappa shape index (κ3) is 3.54. The number of carbonyl (C=O) groups excluding carboxylic acids is 2. The molecule has 8 atom stereocenters. The number of hydrogen-bond donors (Lipinski definition) is 1. The van der Waals surface area contributed by atoms with Crippen LogP contribution in [0.25, 0.3) is 0 Å². The van der Waals surface area contributed by atoms with E-state index in [0.717, 1.165) is 56.4 Å². The van der Waals surface area contributed by atoms with Crippen molar-refractivity contribution in [3.63, 3.8) is 0 Å². The Labute approximate surface area is 240 Å². The molecule has 1 aliphatic heterocycles. The van der Waals surface area contributed by atoms with E-state index in [1.165, 1.54) is 0 Å². The highest BCUT2D eigenvalue weighted by Gasteiger charge is 2.67. The third-order valence-electron chi connectivity index (χ3n) is 12.6. The predicted octanol–water partition coefficient (Wildman–Crippen LogP) is 6.73. The van der Waals surface area contributed by atoms with E-state index in [0.29, 0.717) is 5.92 Å². The van der Waals surface area contributed by atoms with E-state index in [2.05, 4.69) is 53.0 Å². The molecule has 216 valence electrons. The average molecular weight is 546 g/mol. The highest BCUT2D eigenvalue weighted by atomic mass is 16.5. The number of fused-ring (bicyclic) bond motifs is 7. The zero-order valence-electron chi connectivity index (χ0n) is 25.7. The summed E-state index contributed by atoms with van der Waals surface area (Å²) in [5, 5.41) is 14.7. The Morgan fingerprint density at radius 1 is 1.02 bits per heavy atom. The first-order valence-electron chi connectivity index (χ1n) is 15.6. The first-order chi connectivity index (χ1) is 18.6. The number of hydrazone groups is 1. The summed E-state index contributed by atoms with van der Waals surface area (Å²) in [5.41, 5.74) is 3.35. The first kappa shape index (κ1) is 27.7. The van der Waals surface area contributed by atoms with Crippen LogP contribution in [-0.2, 0) is 14.3 Å². The van der Waals surface area contributed by atoms with Gasteiger partial charge >= 0.3 is 0 Å². The van der Waals surface area contributed by atoms with Gasteiger partial charge in [-0.25, -0.2) is 0 Å². The molecule has 0 bridgehead atoms. The molecule has 8 unspecified atom stereocenters. The van der Waals surface area contributed by atoms with Crippen LogP contribution < -0.4 is 5.43 Å².